The fourth-order valence-corrected chi connectivity index (χ4v) is 5.09. The van der Waals surface area contributed by atoms with Gasteiger partial charge in [-0.15, -0.1) is 11.3 Å². The van der Waals surface area contributed by atoms with Crippen molar-refractivity contribution in [2.24, 2.45) is 0 Å². The van der Waals surface area contributed by atoms with Gasteiger partial charge in [-0.3, -0.25) is 9.59 Å². The van der Waals surface area contributed by atoms with Crippen LogP contribution in [0.15, 0.2) is 53.9 Å². The van der Waals surface area contributed by atoms with E-state index in [9.17, 15) is 14.0 Å². The highest BCUT2D eigenvalue weighted by atomic mass is 32.1. The zero-order chi connectivity index (χ0) is 20.7. The quantitative estimate of drug-likeness (QED) is 0.654. The van der Waals surface area contributed by atoms with Crippen LogP contribution in [0.3, 0.4) is 0 Å². The van der Waals surface area contributed by atoms with Crippen LogP contribution in [0.1, 0.15) is 28.3 Å². The molecule has 1 atom stereocenters. The number of thiophene rings is 1. The number of para-hydroxylation sites is 2. The summed E-state index contributed by atoms with van der Waals surface area (Å²) >= 11 is 1.79. The Morgan fingerprint density at radius 3 is 2.97 bits per heavy atom. The number of hydrogen-bond acceptors (Lipinski definition) is 4. The Hall–Kier alpha value is -3.19. The van der Waals surface area contributed by atoms with Gasteiger partial charge >= 0.3 is 0 Å². The molecule has 2 N–H and O–H groups in total. The van der Waals surface area contributed by atoms with Crippen LogP contribution in [0.4, 0.5) is 21.5 Å². The van der Waals surface area contributed by atoms with E-state index in [1.54, 1.807) is 17.4 Å². The van der Waals surface area contributed by atoms with E-state index in [1.807, 2.05) is 24.3 Å². The Bertz CT molecular complexity index is 1140. The smallest absolute Gasteiger partial charge is 0.232 e. The molecule has 5 rings (SSSR count). The lowest BCUT2D eigenvalue weighted by Gasteiger charge is -2.31. The molecule has 3 aromatic rings. The topological polar surface area (TPSA) is 61.4 Å². The number of nitrogens with one attached hydrogen (secondary N) is 2. The van der Waals surface area contributed by atoms with Gasteiger partial charge in [0.2, 0.25) is 11.8 Å². The van der Waals surface area contributed by atoms with E-state index in [0.717, 1.165) is 30.9 Å². The van der Waals surface area contributed by atoms with Gasteiger partial charge in [0.15, 0.2) is 0 Å². The number of hydrogen-bond donors (Lipinski definition) is 2. The number of fused-ring (bicyclic) bond motifs is 2. The van der Waals surface area contributed by atoms with Crippen molar-refractivity contribution < 1.29 is 14.0 Å². The average molecular weight is 421 g/mol. The monoisotopic (exact) mass is 421 g/mol. The van der Waals surface area contributed by atoms with E-state index >= 15 is 0 Å². The zero-order valence-corrected chi connectivity index (χ0v) is 17.0. The van der Waals surface area contributed by atoms with E-state index < -0.39 is 11.7 Å². The molecule has 0 spiro atoms. The number of halogens is 1. The first-order valence-electron chi connectivity index (χ1n) is 9.88. The minimum Gasteiger partial charge on any atom is -0.365 e. The molecular weight excluding hydrogens is 401 g/mol. The number of nitrogens with zero attached hydrogens (tertiary/aromatic N) is 1. The molecule has 2 aliphatic heterocycles. The fraction of sp³-hybridized carbons (Fsp3) is 0.217. The first-order chi connectivity index (χ1) is 14.6. The molecule has 2 amide bonds. The molecule has 2 aliphatic rings. The molecular formula is C23H20FN3O2S. The van der Waals surface area contributed by atoms with Gasteiger partial charge in [0.25, 0.3) is 0 Å². The van der Waals surface area contributed by atoms with Crippen molar-refractivity contribution in [2.75, 3.05) is 22.1 Å². The van der Waals surface area contributed by atoms with Crippen molar-refractivity contribution in [1.29, 1.82) is 0 Å². The van der Waals surface area contributed by atoms with Crippen LogP contribution in [-0.4, -0.2) is 18.4 Å². The number of carbonyl (C=O) groups is 2. The van der Waals surface area contributed by atoms with Crippen molar-refractivity contribution in [3.8, 4) is 0 Å². The predicted octanol–water partition coefficient (Wildman–Crippen LogP) is 4.51. The lowest BCUT2D eigenvalue weighted by molar-refractivity contribution is -0.123. The van der Waals surface area contributed by atoms with Gasteiger partial charge in [-0.1, -0.05) is 18.2 Å². The fourth-order valence-electron chi connectivity index (χ4n) is 4.20. The van der Waals surface area contributed by atoms with Gasteiger partial charge in [0.05, 0.1) is 17.3 Å². The molecule has 3 heterocycles. The van der Waals surface area contributed by atoms with Crippen LogP contribution in [0, 0.1) is 5.82 Å². The van der Waals surface area contributed by atoms with E-state index in [0.29, 0.717) is 11.3 Å². The molecule has 7 heteroatoms. The maximum Gasteiger partial charge on any atom is 0.232 e. The second kappa shape index (κ2) is 7.57. The first-order valence-corrected chi connectivity index (χ1v) is 10.8. The molecule has 0 radical (unpaired) electrons. The number of amides is 2. The molecule has 0 saturated carbocycles. The third kappa shape index (κ3) is 3.45. The summed E-state index contributed by atoms with van der Waals surface area (Å²) in [6.45, 7) is 1.69. The first kappa shape index (κ1) is 18.8. The van der Waals surface area contributed by atoms with Crippen LogP contribution < -0.4 is 15.5 Å². The summed E-state index contributed by atoms with van der Waals surface area (Å²) in [7, 11) is 0. The molecule has 1 unspecified atom stereocenters. The van der Waals surface area contributed by atoms with E-state index in [1.165, 1.54) is 22.6 Å². The van der Waals surface area contributed by atoms with Crippen LogP contribution in [0.5, 0.6) is 0 Å². The molecule has 1 aromatic heterocycles. The lowest BCUT2D eigenvalue weighted by atomic mass is 9.89. The summed E-state index contributed by atoms with van der Waals surface area (Å²) in [5.41, 5.74) is 4.00. The SMILES string of the molecule is O=C1CC(C(=O)Nc2ccccc2N2CCc3sccc3C2)c2ccc(F)cc2N1. The maximum absolute atomic E-state index is 13.6. The Morgan fingerprint density at radius 2 is 2.07 bits per heavy atom. The van der Waals surface area contributed by atoms with E-state index in [2.05, 4.69) is 27.0 Å². The third-order valence-corrected chi connectivity index (χ3v) is 6.70. The van der Waals surface area contributed by atoms with Crippen molar-refractivity contribution in [3.05, 3.63) is 75.7 Å². The van der Waals surface area contributed by atoms with Crippen molar-refractivity contribution in [2.45, 2.75) is 25.3 Å². The summed E-state index contributed by atoms with van der Waals surface area (Å²) < 4.78 is 13.6. The van der Waals surface area contributed by atoms with Gasteiger partial charge in [-0.25, -0.2) is 4.39 Å². The van der Waals surface area contributed by atoms with E-state index in [-0.39, 0.29) is 18.2 Å². The summed E-state index contributed by atoms with van der Waals surface area (Å²) in [6, 6.07) is 14.0. The molecule has 0 fully saturated rings. The zero-order valence-electron chi connectivity index (χ0n) is 16.2. The number of carbonyl (C=O) groups excluding carboxylic acids is 2. The third-order valence-electron chi connectivity index (χ3n) is 5.68. The Labute approximate surface area is 177 Å². The Balaban J connectivity index is 1.41. The summed E-state index contributed by atoms with van der Waals surface area (Å²) in [6.07, 6.45) is 1.02. The van der Waals surface area contributed by atoms with Crippen LogP contribution in [0.2, 0.25) is 0 Å². The molecule has 152 valence electrons. The van der Waals surface area contributed by atoms with Gasteiger partial charge in [0, 0.05) is 30.1 Å². The van der Waals surface area contributed by atoms with Crippen LogP contribution in [0.25, 0.3) is 0 Å². The maximum atomic E-state index is 13.6. The Morgan fingerprint density at radius 1 is 1.20 bits per heavy atom. The highest BCUT2D eigenvalue weighted by Crippen LogP contribution is 2.36. The molecule has 2 aromatic carbocycles. The lowest BCUT2D eigenvalue weighted by Crippen LogP contribution is -2.33. The van der Waals surface area contributed by atoms with E-state index in [4.69, 9.17) is 0 Å². The molecule has 0 aliphatic carbocycles. The second-order valence-electron chi connectivity index (χ2n) is 7.58. The van der Waals surface area contributed by atoms with Crippen LogP contribution >= 0.6 is 11.3 Å². The second-order valence-corrected chi connectivity index (χ2v) is 8.58. The highest BCUT2D eigenvalue weighted by molar-refractivity contribution is 7.10. The van der Waals surface area contributed by atoms with Gasteiger partial charge in [0.1, 0.15) is 5.82 Å². The molecule has 0 saturated heterocycles. The number of anilines is 3. The minimum absolute atomic E-state index is 0.0363. The number of benzene rings is 2. The van der Waals surface area contributed by atoms with Crippen molar-refractivity contribution >= 4 is 40.2 Å². The van der Waals surface area contributed by atoms with Crippen molar-refractivity contribution in [1.82, 2.24) is 0 Å². The largest absolute Gasteiger partial charge is 0.365 e. The number of rotatable bonds is 3. The normalized spacial score (nSPS) is 17.7. The molecule has 30 heavy (non-hydrogen) atoms. The van der Waals surface area contributed by atoms with Crippen LogP contribution in [-0.2, 0) is 22.6 Å². The summed E-state index contributed by atoms with van der Waals surface area (Å²) in [5.74, 6) is -1.66. The van der Waals surface area contributed by atoms with Gasteiger partial charge in [-0.2, -0.15) is 0 Å². The highest BCUT2D eigenvalue weighted by Gasteiger charge is 2.31. The summed E-state index contributed by atoms with van der Waals surface area (Å²) in [5, 5.41) is 7.79. The average Bonchev–Trinajstić information content (AvgIpc) is 3.21. The minimum atomic E-state index is -0.660. The predicted molar refractivity (Wildman–Crippen MR) is 117 cm³/mol. The standard InChI is InChI=1S/C23H20FN3O2S/c24-15-5-6-16-17(12-22(28)25-19(16)11-15)23(29)26-18-3-1-2-4-20(18)27-9-7-21-14(13-27)8-10-30-21/h1-6,8,10-11,17H,7,9,12-13H2,(H,25,28)(H,26,29). The van der Waals surface area contributed by atoms with Crippen molar-refractivity contribution in [3.63, 3.8) is 0 Å². The molecule has 5 nitrogen and oxygen atoms in total. The Kier molecular flexibility index (Phi) is 4.75. The summed E-state index contributed by atoms with van der Waals surface area (Å²) in [4.78, 5) is 28.9. The van der Waals surface area contributed by atoms with Gasteiger partial charge in [-0.05, 0) is 53.3 Å². The molecule has 0 bridgehead atoms. The van der Waals surface area contributed by atoms with Gasteiger partial charge < -0.3 is 15.5 Å².